The Labute approximate surface area is 144 Å². The molecule has 2 amide bonds. The molecule has 1 fully saturated rings. The Morgan fingerprint density at radius 2 is 1.74 bits per heavy atom. The predicted molar refractivity (Wildman–Crippen MR) is 96.0 cm³/mol. The zero-order chi connectivity index (χ0) is 15.9. The molecule has 128 valence electrons. The van der Waals surface area contributed by atoms with E-state index < -0.39 is 0 Å². The van der Waals surface area contributed by atoms with Gasteiger partial charge in [0.1, 0.15) is 0 Å². The first kappa shape index (κ1) is 19.5. The number of amides is 2. The van der Waals surface area contributed by atoms with Crippen LogP contribution in [0.4, 0.5) is 11.4 Å². The molecule has 6 heteroatoms. The number of nitrogens with one attached hydrogen (secondary N) is 3. The van der Waals surface area contributed by atoms with Crippen LogP contribution in [0.2, 0.25) is 0 Å². The molecule has 0 saturated carbocycles. The van der Waals surface area contributed by atoms with Crippen molar-refractivity contribution in [2.45, 2.75) is 45.6 Å². The van der Waals surface area contributed by atoms with Crippen LogP contribution >= 0.6 is 12.4 Å². The Morgan fingerprint density at radius 3 is 2.26 bits per heavy atom. The highest BCUT2D eigenvalue weighted by Gasteiger charge is 2.20. The van der Waals surface area contributed by atoms with Crippen LogP contribution in [0, 0.1) is 5.92 Å². The summed E-state index contributed by atoms with van der Waals surface area (Å²) in [5.74, 6) is 0.357. The second-order valence-electron chi connectivity index (χ2n) is 6.22. The van der Waals surface area contributed by atoms with Gasteiger partial charge in [-0.05, 0) is 49.6 Å². The number of carbonyl (C=O) groups excluding carboxylic acids is 2. The zero-order valence-corrected chi connectivity index (χ0v) is 14.5. The van der Waals surface area contributed by atoms with E-state index >= 15 is 0 Å². The quantitative estimate of drug-likeness (QED) is 0.771. The third-order valence-electron chi connectivity index (χ3n) is 3.66. The first-order valence-electron chi connectivity index (χ1n) is 7.99. The van der Waals surface area contributed by atoms with Crippen LogP contribution in [-0.4, -0.2) is 24.4 Å². The Morgan fingerprint density at radius 1 is 1.13 bits per heavy atom. The fourth-order valence-corrected chi connectivity index (χ4v) is 2.52. The van der Waals surface area contributed by atoms with Crippen molar-refractivity contribution in [2.24, 2.45) is 5.92 Å². The summed E-state index contributed by atoms with van der Waals surface area (Å²) in [6.45, 7) is 4.92. The molecule has 1 atom stereocenters. The molecule has 0 unspecified atom stereocenters. The normalized spacial score (nSPS) is 17.3. The van der Waals surface area contributed by atoms with Crippen molar-refractivity contribution in [2.75, 3.05) is 17.2 Å². The maximum Gasteiger partial charge on any atom is 0.241 e. The number of benzene rings is 1. The second-order valence-corrected chi connectivity index (χ2v) is 6.22. The molecule has 5 nitrogen and oxygen atoms in total. The van der Waals surface area contributed by atoms with Crippen LogP contribution in [0.3, 0.4) is 0 Å². The second kappa shape index (κ2) is 9.53. The smallest absolute Gasteiger partial charge is 0.241 e. The van der Waals surface area contributed by atoms with E-state index in [-0.39, 0.29) is 30.3 Å². The third-order valence-corrected chi connectivity index (χ3v) is 3.66. The number of anilines is 2. The van der Waals surface area contributed by atoms with E-state index in [1.165, 1.54) is 0 Å². The number of halogens is 1. The zero-order valence-electron chi connectivity index (χ0n) is 13.7. The summed E-state index contributed by atoms with van der Waals surface area (Å²) in [5, 5.41) is 8.99. The van der Waals surface area contributed by atoms with E-state index in [4.69, 9.17) is 0 Å². The van der Waals surface area contributed by atoms with E-state index in [0.717, 1.165) is 37.2 Å². The Balaban J connectivity index is 0.00000264. The van der Waals surface area contributed by atoms with Crippen LogP contribution < -0.4 is 16.0 Å². The van der Waals surface area contributed by atoms with Gasteiger partial charge in [0.2, 0.25) is 11.8 Å². The highest BCUT2D eigenvalue weighted by Crippen LogP contribution is 2.16. The fourth-order valence-electron chi connectivity index (χ4n) is 2.52. The van der Waals surface area contributed by atoms with Crippen molar-refractivity contribution in [3.63, 3.8) is 0 Å². The molecule has 2 rings (SSSR count). The summed E-state index contributed by atoms with van der Waals surface area (Å²) in [4.78, 5) is 23.8. The molecule has 1 heterocycles. The molecule has 1 aliphatic rings. The van der Waals surface area contributed by atoms with Gasteiger partial charge in [-0.15, -0.1) is 12.4 Å². The van der Waals surface area contributed by atoms with E-state index in [1.54, 1.807) is 0 Å². The molecule has 0 bridgehead atoms. The maximum atomic E-state index is 12.1. The number of piperidine rings is 1. The van der Waals surface area contributed by atoms with Crippen LogP contribution in [-0.2, 0) is 9.59 Å². The van der Waals surface area contributed by atoms with Gasteiger partial charge < -0.3 is 16.0 Å². The average Bonchev–Trinajstić information content (AvgIpc) is 2.49. The van der Waals surface area contributed by atoms with Crippen LogP contribution in [0.5, 0.6) is 0 Å². The maximum absolute atomic E-state index is 12.1. The van der Waals surface area contributed by atoms with Gasteiger partial charge in [-0.3, -0.25) is 9.59 Å². The monoisotopic (exact) mass is 339 g/mol. The molecule has 1 aromatic rings. The number of carbonyl (C=O) groups is 2. The summed E-state index contributed by atoms with van der Waals surface area (Å²) in [5.41, 5.74) is 1.50. The van der Waals surface area contributed by atoms with Crippen LogP contribution in [0.15, 0.2) is 24.3 Å². The topological polar surface area (TPSA) is 70.2 Å². The summed E-state index contributed by atoms with van der Waals surface area (Å²) in [7, 11) is 0. The number of rotatable bonds is 5. The number of hydrogen-bond acceptors (Lipinski definition) is 3. The van der Waals surface area contributed by atoms with Gasteiger partial charge in [-0.25, -0.2) is 0 Å². The fraction of sp³-hybridized carbons (Fsp3) is 0.529. The minimum atomic E-state index is -0.0980. The first-order chi connectivity index (χ1) is 10.5. The van der Waals surface area contributed by atoms with Gasteiger partial charge in [0, 0.05) is 17.8 Å². The summed E-state index contributed by atoms with van der Waals surface area (Å²) in [6.07, 6.45) is 3.61. The van der Waals surface area contributed by atoms with Gasteiger partial charge >= 0.3 is 0 Å². The molecule has 0 radical (unpaired) electrons. The summed E-state index contributed by atoms with van der Waals surface area (Å²) >= 11 is 0. The minimum absolute atomic E-state index is 0. The van der Waals surface area contributed by atoms with E-state index in [0.29, 0.717) is 12.3 Å². The lowest BCUT2D eigenvalue weighted by molar-refractivity contribution is -0.119. The lowest BCUT2D eigenvalue weighted by atomic mass is 10.0. The third kappa shape index (κ3) is 6.59. The molecular weight excluding hydrogens is 314 g/mol. The van der Waals surface area contributed by atoms with Gasteiger partial charge in [-0.2, -0.15) is 0 Å². The summed E-state index contributed by atoms with van der Waals surface area (Å²) in [6, 6.07) is 7.14. The molecule has 0 spiro atoms. The standard InChI is InChI=1S/C17H25N3O2.ClH/c1-12(2)11-16(21)19-13-6-8-14(9-7-13)20-17(22)15-5-3-4-10-18-15;/h6-9,12,15,18H,3-5,10-11H2,1-2H3,(H,19,21)(H,20,22);1H/t15-;/m1./s1. The first-order valence-corrected chi connectivity index (χ1v) is 7.99. The highest BCUT2D eigenvalue weighted by atomic mass is 35.5. The lowest BCUT2D eigenvalue weighted by Crippen LogP contribution is -2.43. The summed E-state index contributed by atoms with van der Waals surface area (Å²) < 4.78 is 0. The van der Waals surface area contributed by atoms with Crippen molar-refractivity contribution in [1.82, 2.24) is 5.32 Å². The van der Waals surface area contributed by atoms with E-state index in [1.807, 2.05) is 38.1 Å². The van der Waals surface area contributed by atoms with Crippen molar-refractivity contribution in [3.8, 4) is 0 Å². The largest absolute Gasteiger partial charge is 0.326 e. The minimum Gasteiger partial charge on any atom is -0.326 e. The Kier molecular flexibility index (Phi) is 8.06. The molecule has 1 aliphatic heterocycles. The van der Waals surface area contributed by atoms with Crippen LogP contribution in [0.25, 0.3) is 0 Å². The van der Waals surface area contributed by atoms with Crippen molar-refractivity contribution in [3.05, 3.63) is 24.3 Å². The van der Waals surface area contributed by atoms with E-state index in [9.17, 15) is 9.59 Å². The van der Waals surface area contributed by atoms with Gasteiger partial charge in [-0.1, -0.05) is 20.3 Å². The van der Waals surface area contributed by atoms with Crippen molar-refractivity contribution >= 4 is 35.6 Å². The van der Waals surface area contributed by atoms with Gasteiger partial charge in [0.05, 0.1) is 6.04 Å². The molecule has 0 aromatic heterocycles. The molecule has 3 N–H and O–H groups in total. The predicted octanol–water partition coefficient (Wildman–Crippen LogP) is 3.17. The molecule has 1 aromatic carbocycles. The van der Waals surface area contributed by atoms with Crippen LogP contribution in [0.1, 0.15) is 39.5 Å². The SMILES string of the molecule is CC(C)CC(=O)Nc1ccc(NC(=O)[C@H]2CCCCN2)cc1.Cl. The van der Waals surface area contributed by atoms with Gasteiger partial charge in [0.25, 0.3) is 0 Å². The van der Waals surface area contributed by atoms with Gasteiger partial charge in [0.15, 0.2) is 0 Å². The average molecular weight is 340 g/mol. The molecule has 0 aliphatic carbocycles. The Bertz CT molecular complexity index is 511. The molecule has 1 saturated heterocycles. The van der Waals surface area contributed by atoms with Crippen molar-refractivity contribution in [1.29, 1.82) is 0 Å². The highest BCUT2D eigenvalue weighted by molar-refractivity contribution is 5.95. The van der Waals surface area contributed by atoms with E-state index in [2.05, 4.69) is 16.0 Å². The lowest BCUT2D eigenvalue weighted by Gasteiger charge is -2.22. The number of hydrogen-bond donors (Lipinski definition) is 3. The molecular formula is C17H26ClN3O2. The van der Waals surface area contributed by atoms with Crippen molar-refractivity contribution < 1.29 is 9.59 Å². The Hall–Kier alpha value is -1.59. The molecule has 23 heavy (non-hydrogen) atoms.